The first-order valence-corrected chi connectivity index (χ1v) is 12.4. The summed E-state index contributed by atoms with van der Waals surface area (Å²) in [4.78, 5) is 31.6. The Morgan fingerprint density at radius 2 is 1.86 bits per heavy atom. The lowest BCUT2D eigenvalue weighted by Gasteiger charge is -2.65. The Morgan fingerprint density at radius 1 is 1.20 bits per heavy atom. The monoisotopic (exact) mass is 505 g/mol. The number of nitrogens with two attached hydrogens (primary N) is 1. The molecule has 1 saturated heterocycles. The highest BCUT2D eigenvalue weighted by atomic mass is 32.1. The molecule has 3 aliphatic carbocycles. The second-order valence-electron chi connectivity index (χ2n) is 10.8. The van der Waals surface area contributed by atoms with E-state index in [1.54, 1.807) is 6.07 Å². The van der Waals surface area contributed by atoms with Gasteiger partial charge in [0.2, 0.25) is 0 Å². The van der Waals surface area contributed by atoms with E-state index in [2.05, 4.69) is 7.05 Å². The number of benzene rings is 1. The third kappa shape index (κ3) is 4.32. The molecule has 4 atom stereocenters. The van der Waals surface area contributed by atoms with E-state index in [9.17, 15) is 24.6 Å². The molecular formula is C25H33N2O7S+. The minimum Gasteiger partial charge on any atom is -0.507 e. The maximum atomic E-state index is 12.6. The number of hydrogen-bond acceptors (Lipinski definition) is 6. The van der Waals surface area contributed by atoms with E-state index in [-0.39, 0.29) is 22.6 Å². The van der Waals surface area contributed by atoms with Crippen LogP contribution in [0.1, 0.15) is 61.6 Å². The molecule has 2 bridgehead atoms. The first-order valence-electron chi connectivity index (χ1n) is 12.0. The SMILES string of the molecule is C[N+]1(CC2CC2)CC[C@]23CC(=O)CC[C@@]2(O)[C@H]1Cc1ccc(C(N)=S)c(O)c13.O=C(O)CC(=O)O. The molecule has 9 nitrogen and oxygen atoms in total. The van der Waals surface area contributed by atoms with Crippen LogP contribution in [0.15, 0.2) is 12.1 Å². The number of quaternary nitrogens is 1. The average molecular weight is 506 g/mol. The number of likely N-dealkylation sites (tertiary alicyclic amines) is 1. The van der Waals surface area contributed by atoms with Gasteiger partial charge in [0.05, 0.1) is 25.7 Å². The van der Waals surface area contributed by atoms with E-state index in [1.165, 1.54) is 12.8 Å². The summed E-state index contributed by atoms with van der Waals surface area (Å²) in [5, 5.41) is 38.8. The summed E-state index contributed by atoms with van der Waals surface area (Å²) in [7, 11) is 2.29. The maximum absolute atomic E-state index is 12.6. The van der Waals surface area contributed by atoms with Gasteiger partial charge in [-0.05, 0) is 30.9 Å². The molecule has 3 fully saturated rings. The van der Waals surface area contributed by atoms with Crippen molar-refractivity contribution in [3.05, 3.63) is 28.8 Å². The van der Waals surface area contributed by atoms with Crippen LogP contribution < -0.4 is 5.73 Å². The van der Waals surface area contributed by atoms with Crippen molar-refractivity contribution < 1.29 is 39.3 Å². The van der Waals surface area contributed by atoms with Crippen molar-refractivity contribution >= 4 is 34.9 Å². The molecule has 1 heterocycles. The van der Waals surface area contributed by atoms with Crippen LogP contribution in [0.2, 0.25) is 0 Å². The van der Waals surface area contributed by atoms with Crippen molar-refractivity contribution in [2.75, 3.05) is 20.1 Å². The number of aromatic hydroxyl groups is 1. The largest absolute Gasteiger partial charge is 0.507 e. The molecular weight excluding hydrogens is 472 g/mol. The number of ketones is 1. The normalized spacial score (nSPS) is 33.0. The Labute approximate surface area is 209 Å². The number of fused-ring (bicyclic) bond motifs is 1. The topological polar surface area (TPSA) is 158 Å². The highest BCUT2D eigenvalue weighted by Crippen LogP contribution is 2.61. The second kappa shape index (κ2) is 8.83. The third-order valence-corrected chi connectivity index (χ3v) is 8.78. The lowest BCUT2D eigenvalue weighted by molar-refractivity contribution is -0.950. The Kier molecular flexibility index (Phi) is 6.44. The van der Waals surface area contributed by atoms with Gasteiger partial charge in [0.25, 0.3) is 0 Å². The van der Waals surface area contributed by atoms with Gasteiger partial charge in [-0.25, -0.2) is 0 Å². The first kappa shape index (κ1) is 25.5. The predicted molar refractivity (Wildman–Crippen MR) is 130 cm³/mol. The summed E-state index contributed by atoms with van der Waals surface area (Å²) in [5.41, 5.74) is 6.36. The van der Waals surface area contributed by atoms with Gasteiger partial charge >= 0.3 is 11.9 Å². The lowest BCUT2D eigenvalue weighted by Crippen LogP contribution is -2.78. The zero-order valence-corrected chi connectivity index (χ0v) is 20.6. The molecule has 0 amide bonds. The fourth-order valence-electron chi connectivity index (χ4n) is 6.86. The van der Waals surface area contributed by atoms with Gasteiger partial charge in [-0.2, -0.15) is 0 Å². The maximum Gasteiger partial charge on any atom is 0.314 e. The smallest absolute Gasteiger partial charge is 0.314 e. The number of likely N-dealkylation sites (N-methyl/N-ethyl adjacent to an activating group) is 1. The number of thiocarbonyl (C=S) groups is 1. The number of Topliss-reactive ketones (excluding diaryl/α,β-unsaturated/α-hetero) is 1. The molecule has 190 valence electrons. The Hall–Kier alpha value is -2.56. The molecule has 2 saturated carbocycles. The molecule has 1 aromatic carbocycles. The Morgan fingerprint density at radius 3 is 2.40 bits per heavy atom. The van der Waals surface area contributed by atoms with Gasteiger partial charge in [-0.15, -0.1) is 0 Å². The fourth-order valence-corrected chi connectivity index (χ4v) is 7.02. The van der Waals surface area contributed by atoms with Gasteiger partial charge in [0.1, 0.15) is 34.6 Å². The van der Waals surface area contributed by atoms with Gasteiger partial charge in [0.15, 0.2) is 0 Å². The highest BCUT2D eigenvalue weighted by molar-refractivity contribution is 7.80. The van der Waals surface area contributed by atoms with Crippen molar-refractivity contribution in [1.29, 1.82) is 0 Å². The van der Waals surface area contributed by atoms with Gasteiger partial charge in [-0.1, -0.05) is 18.3 Å². The summed E-state index contributed by atoms with van der Waals surface area (Å²) in [6.07, 6.45) is 4.39. The van der Waals surface area contributed by atoms with Crippen molar-refractivity contribution in [3.8, 4) is 5.75 Å². The molecule has 1 unspecified atom stereocenters. The van der Waals surface area contributed by atoms with Crippen molar-refractivity contribution in [2.45, 2.75) is 68.4 Å². The zero-order chi connectivity index (χ0) is 25.8. The van der Waals surface area contributed by atoms with Crippen LogP contribution >= 0.6 is 12.2 Å². The number of carboxylic acid groups (broad SMARTS) is 2. The van der Waals surface area contributed by atoms with E-state index in [4.69, 9.17) is 28.2 Å². The third-order valence-electron chi connectivity index (χ3n) is 8.56. The number of carbonyl (C=O) groups is 3. The second-order valence-corrected chi connectivity index (χ2v) is 11.3. The summed E-state index contributed by atoms with van der Waals surface area (Å²) < 4.78 is 0.869. The van der Waals surface area contributed by atoms with Gasteiger partial charge in [-0.3, -0.25) is 14.4 Å². The Balaban J connectivity index is 0.000000364. The summed E-state index contributed by atoms with van der Waals surface area (Å²) in [6.45, 7) is 2.02. The van der Waals surface area contributed by atoms with Crippen LogP contribution in [0.3, 0.4) is 0 Å². The van der Waals surface area contributed by atoms with Gasteiger partial charge < -0.3 is 30.6 Å². The number of carboxylic acids is 2. The minimum absolute atomic E-state index is 0.0533. The molecule has 5 rings (SSSR count). The van der Waals surface area contributed by atoms with Crippen molar-refractivity contribution in [1.82, 2.24) is 0 Å². The number of nitrogens with zero attached hydrogens (tertiary/aromatic N) is 1. The van der Waals surface area contributed by atoms with Crippen LogP contribution in [0.5, 0.6) is 5.75 Å². The summed E-state index contributed by atoms with van der Waals surface area (Å²) >= 11 is 5.14. The van der Waals surface area contributed by atoms with E-state index in [0.29, 0.717) is 31.2 Å². The molecule has 0 radical (unpaired) electrons. The van der Waals surface area contributed by atoms with Crippen LogP contribution in [-0.2, 0) is 26.2 Å². The number of rotatable bonds is 5. The van der Waals surface area contributed by atoms with E-state index >= 15 is 0 Å². The molecule has 1 aliphatic heterocycles. The van der Waals surface area contributed by atoms with E-state index < -0.39 is 29.4 Å². The van der Waals surface area contributed by atoms with E-state index in [1.807, 2.05) is 6.07 Å². The Bertz CT molecular complexity index is 1090. The quantitative estimate of drug-likeness (QED) is 0.227. The van der Waals surface area contributed by atoms with E-state index in [0.717, 1.165) is 41.0 Å². The number of piperidine rings is 1. The lowest BCUT2D eigenvalue weighted by atomic mass is 9.48. The van der Waals surface area contributed by atoms with Crippen molar-refractivity contribution in [3.63, 3.8) is 0 Å². The molecule has 10 heteroatoms. The van der Waals surface area contributed by atoms with Crippen molar-refractivity contribution in [2.24, 2.45) is 11.7 Å². The zero-order valence-electron chi connectivity index (χ0n) is 19.8. The number of aliphatic hydroxyl groups is 1. The summed E-state index contributed by atoms with van der Waals surface area (Å²) in [5.74, 6) is -1.61. The summed E-state index contributed by atoms with van der Waals surface area (Å²) in [6, 6.07) is 3.85. The molecule has 0 aromatic heterocycles. The van der Waals surface area contributed by atoms with Crippen LogP contribution in [-0.4, -0.2) is 79.4 Å². The minimum atomic E-state index is -1.31. The highest BCUT2D eigenvalue weighted by Gasteiger charge is 2.70. The van der Waals surface area contributed by atoms with Crippen LogP contribution in [0.25, 0.3) is 0 Å². The average Bonchev–Trinajstić information content (AvgIpc) is 3.54. The fraction of sp³-hybridized carbons (Fsp3) is 0.600. The first-order chi connectivity index (χ1) is 16.3. The van der Waals surface area contributed by atoms with Gasteiger partial charge in [0, 0.05) is 42.6 Å². The number of hydrogen-bond donors (Lipinski definition) is 5. The number of phenolic OH excluding ortho intramolecular Hbond substituents is 1. The molecule has 4 aliphatic rings. The molecule has 1 aromatic rings. The van der Waals surface area contributed by atoms with Crippen LogP contribution in [0, 0.1) is 5.92 Å². The predicted octanol–water partition coefficient (Wildman–Crippen LogP) is 1.48. The van der Waals surface area contributed by atoms with Crippen LogP contribution in [0.4, 0.5) is 0 Å². The standard InChI is InChI=1S/C22H28N2O3S.C3H4O4/c1-24(12-13-2-3-13)9-8-21-11-15(25)6-7-22(21,27)17(24)10-14-4-5-16(20(23)28)19(26)18(14)21;4-2(5)1-3(6)7/h4-5,13,17,27H,2-3,6-12H2,1H3,(H2-,23,26,28);1H2,(H,4,5)(H,6,7)/p+1/t17-,21-,22-,24?;/m1./s1. The molecule has 0 spiro atoms. The number of phenols is 1. The number of aliphatic carboxylic acids is 2. The molecule has 35 heavy (non-hydrogen) atoms. The number of carbonyl (C=O) groups excluding carboxylic acids is 1. The molecule has 6 N–H and O–H groups in total.